The molecule has 0 aliphatic carbocycles. The van der Waals surface area contributed by atoms with Crippen LogP contribution in [0.25, 0.3) is 5.69 Å². The number of hydrogen-bond acceptors (Lipinski definition) is 4. The number of anilines is 2. The smallest absolute Gasteiger partial charge is 0.416 e. The van der Waals surface area contributed by atoms with Gasteiger partial charge in [-0.15, -0.1) is 0 Å². The monoisotopic (exact) mass is 551 g/mol. The largest absolute Gasteiger partial charge is 0.495 e. The summed E-state index contributed by atoms with van der Waals surface area (Å²) in [5, 5.41) is 6.51. The maximum atomic E-state index is 13.5. The van der Waals surface area contributed by atoms with Crippen molar-refractivity contribution in [3.63, 3.8) is 0 Å². The van der Waals surface area contributed by atoms with Crippen LogP contribution in [-0.4, -0.2) is 27.7 Å². The fourth-order valence-corrected chi connectivity index (χ4v) is 5.11. The third-order valence-corrected chi connectivity index (χ3v) is 6.72. The van der Waals surface area contributed by atoms with Crippen LogP contribution in [0.15, 0.2) is 85.2 Å². The summed E-state index contributed by atoms with van der Waals surface area (Å²) in [5.41, 5.74) is 2.12. The van der Waals surface area contributed by atoms with E-state index in [0.717, 1.165) is 12.1 Å². The van der Waals surface area contributed by atoms with Gasteiger partial charge in [-0.2, -0.15) is 13.2 Å². The van der Waals surface area contributed by atoms with Gasteiger partial charge in [0, 0.05) is 36.4 Å². The lowest BCUT2D eigenvalue weighted by molar-refractivity contribution is -0.137. The zero-order valence-electron chi connectivity index (χ0n) is 20.9. The number of methoxy groups -OCH3 is 1. The second-order valence-corrected chi connectivity index (χ2v) is 9.30. The molecule has 11 heteroatoms. The normalized spacial score (nSPS) is 17.2. The van der Waals surface area contributed by atoms with Gasteiger partial charge in [0.25, 0.3) is 0 Å². The molecular weight excluding hydrogens is 527 g/mol. The Labute approximate surface area is 228 Å². The van der Waals surface area contributed by atoms with E-state index in [-0.39, 0.29) is 5.91 Å². The van der Waals surface area contributed by atoms with Crippen molar-refractivity contribution < 1.29 is 22.7 Å². The van der Waals surface area contributed by atoms with Gasteiger partial charge in [-0.25, -0.2) is 0 Å². The lowest BCUT2D eigenvalue weighted by atomic mass is 10.0. The topological polar surface area (TPSA) is 71.4 Å². The molecule has 3 heterocycles. The first-order valence-corrected chi connectivity index (χ1v) is 12.4. The van der Waals surface area contributed by atoms with Gasteiger partial charge >= 0.3 is 6.18 Å². The lowest BCUT2D eigenvalue weighted by Gasteiger charge is -2.29. The molecule has 5 rings (SSSR count). The molecule has 0 saturated carbocycles. The number of carbonyl (C=O) groups excluding carboxylic acids is 1. The standard InChI is InChI=1S/C28H24F3N5O2S/c1-17(37)33-22-16-20(11-12-24(22)38-2)36-26(25(34-27(36)39)21-9-3-4-13-32-21)23-10-6-14-35(23)19-8-5-7-18(15-19)28(29,30)31/h3-16,25-26H,1-2H3,(H,33,37)(H,34,39)/t25-,26-/m0/s1. The fourth-order valence-electron chi connectivity index (χ4n) is 4.77. The molecule has 2 aromatic heterocycles. The minimum absolute atomic E-state index is 0.270. The Balaban J connectivity index is 1.66. The zero-order chi connectivity index (χ0) is 27.7. The Morgan fingerprint density at radius 1 is 1.05 bits per heavy atom. The highest BCUT2D eigenvalue weighted by Crippen LogP contribution is 2.44. The van der Waals surface area contributed by atoms with Gasteiger partial charge in [0.2, 0.25) is 5.91 Å². The summed E-state index contributed by atoms with van der Waals surface area (Å²) in [4.78, 5) is 18.3. The summed E-state index contributed by atoms with van der Waals surface area (Å²) in [6, 6.07) is 18.7. The van der Waals surface area contributed by atoms with E-state index in [1.165, 1.54) is 20.1 Å². The van der Waals surface area contributed by atoms with Crippen molar-refractivity contribution in [3.05, 3.63) is 102 Å². The van der Waals surface area contributed by atoms with Crippen LogP contribution in [0, 0.1) is 0 Å². The Morgan fingerprint density at radius 2 is 1.87 bits per heavy atom. The van der Waals surface area contributed by atoms with Crippen molar-refractivity contribution in [1.82, 2.24) is 14.9 Å². The third-order valence-electron chi connectivity index (χ3n) is 6.41. The maximum absolute atomic E-state index is 13.5. The molecule has 0 radical (unpaired) electrons. The van der Waals surface area contributed by atoms with Gasteiger partial charge in [0.15, 0.2) is 5.11 Å². The quantitative estimate of drug-likeness (QED) is 0.285. The van der Waals surface area contributed by atoms with E-state index in [2.05, 4.69) is 15.6 Å². The van der Waals surface area contributed by atoms with Crippen LogP contribution in [0.3, 0.4) is 0 Å². The summed E-state index contributed by atoms with van der Waals surface area (Å²) >= 11 is 5.78. The molecule has 0 bridgehead atoms. The van der Waals surface area contributed by atoms with Crippen molar-refractivity contribution in [2.24, 2.45) is 0 Å². The lowest BCUT2D eigenvalue weighted by Crippen LogP contribution is -2.30. The minimum atomic E-state index is -4.48. The summed E-state index contributed by atoms with van der Waals surface area (Å²) in [7, 11) is 1.50. The molecular formula is C28H24F3N5O2S. The van der Waals surface area contributed by atoms with E-state index in [9.17, 15) is 18.0 Å². The predicted molar refractivity (Wildman–Crippen MR) is 146 cm³/mol. The van der Waals surface area contributed by atoms with E-state index in [4.69, 9.17) is 17.0 Å². The van der Waals surface area contributed by atoms with E-state index < -0.39 is 23.8 Å². The third kappa shape index (κ3) is 5.17. The van der Waals surface area contributed by atoms with Crippen LogP contribution < -0.4 is 20.3 Å². The number of halogens is 3. The number of ether oxygens (including phenoxy) is 1. The number of alkyl halides is 3. The Kier molecular flexibility index (Phi) is 7.00. The van der Waals surface area contributed by atoms with Crippen LogP contribution in [0.5, 0.6) is 5.75 Å². The van der Waals surface area contributed by atoms with Crippen LogP contribution in [0.4, 0.5) is 24.5 Å². The Bertz CT molecular complexity index is 1520. The van der Waals surface area contributed by atoms with Gasteiger partial charge in [-0.05, 0) is 72.9 Å². The number of nitrogens with one attached hydrogen (secondary N) is 2. The summed E-state index contributed by atoms with van der Waals surface area (Å²) in [6.45, 7) is 1.40. The van der Waals surface area contributed by atoms with Gasteiger partial charge in [0.05, 0.1) is 30.1 Å². The summed E-state index contributed by atoms with van der Waals surface area (Å²) in [5.74, 6) is 0.200. The zero-order valence-corrected chi connectivity index (χ0v) is 21.8. The number of nitrogens with zero attached hydrogens (tertiary/aromatic N) is 3. The average molecular weight is 552 g/mol. The molecule has 1 aliphatic heterocycles. The van der Waals surface area contributed by atoms with Crippen LogP contribution in [0.2, 0.25) is 0 Å². The molecule has 1 amide bonds. The van der Waals surface area contributed by atoms with E-state index in [1.807, 2.05) is 29.2 Å². The predicted octanol–water partition coefficient (Wildman–Crippen LogP) is 6.04. The van der Waals surface area contributed by atoms with Crippen molar-refractivity contribution >= 4 is 34.6 Å². The second kappa shape index (κ2) is 10.4. The van der Waals surface area contributed by atoms with Crippen molar-refractivity contribution in [2.45, 2.75) is 25.2 Å². The molecule has 0 spiro atoms. The van der Waals surface area contributed by atoms with Gasteiger partial charge in [-0.3, -0.25) is 9.78 Å². The second-order valence-electron chi connectivity index (χ2n) is 8.91. The molecule has 1 fully saturated rings. The highest BCUT2D eigenvalue weighted by atomic mass is 32.1. The van der Waals surface area contributed by atoms with Gasteiger partial charge in [-0.1, -0.05) is 12.1 Å². The molecule has 7 nitrogen and oxygen atoms in total. The molecule has 200 valence electrons. The first kappa shape index (κ1) is 26.2. The maximum Gasteiger partial charge on any atom is 0.416 e. The SMILES string of the molecule is COc1ccc(N2C(=S)N[C@@H](c3ccccn3)[C@@H]2c2cccn2-c2cccc(C(F)(F)F)c2)cc1NC(C)=O. The highest BCUT2D eigenvalue weighted by Gasteiger charge is 2.42. The van der Waals surface area contributed by atoms with E-state index in [0.29, 0.717) is 39.3 Å². The van der Waals surface area contributed by atoms with Crippen LogP contribution in [0.1, 0.15) is 36.0 Å². The molecule has 2 atom stereocenters. The van der Waals surface area contributed by atoms with Gasteiger partial charge < -0.3 is 24.8 Å². The molecule has 2 aromatic carbocycles. The average Bonchev–Trinajstić information content (AvgIpc) is 3.53. The number of aromatic nitrogens is 2. The summed E-state index contributed by atoms with van der Waals surface area (Å²) in [6.07, 6.45) is -1.09. The molecule has 0 unspecified atom stereocenters. The van der Waals surface area contributed by atoms with Crippen molar-refractivity contribution in [3.8, 4) is 11.4 Å². The molecule has 1 aliphatic rings. The Morgan fingerprint density at radius 3 is 2.56 bits per heavy atom. The van der Waals surface area contributed by atoms with E-state index in [1.54, 1.807) is 47.3 Å². The number of carbonyl (C=O) groups is 1. The molecule has 39 heavy (non-hydrogen) atoms. The fraction of sp³-hybridized carbons (Fsp3) is 0.179. The number of rotatable bonds is 6. The first-order chi connectivity index (χ1) is 18.7. The van der Waals surface area contributed by atoms with Crippen molar-refractivity contribution in [1.29, 1.82) is 0 Å². The Hall–Kier alpha value is -4.38. The van der Waals surface area contributed by atoms with Crippen LogP contribution in [-0.2, 0) is 11.0 Å². The number of pyridine rings is 1. The first-order valence-electron chi connectivity index (χ1n) is 12.0. The minimum Gasteiger partial charge on any atom is -0.495 e. The molecule has 4 aromatic rings. The summed E-state index contributed by atoms with van der Waals surface area (Å²) < 4.78 is 47.7. The molecule has 2 N–H and O–H groups in total. The number of thiocarbonyl (C=S) groups is 1. The van der Waals surface area contributed by atoms with E-state index >= 15 is 0 Å². The van der Waals surface area contributed by atoms with Crippen LogP contribution >= 0.6 is 12.2 Å². The van der Waals surface area contributed by atoms with Crippen molar-refractivity contribution in [2.75, 3.05) is 17.3 Å². The van der Waals surface area contributed by atoms with Gasteiger partial charge in [0.1, 0.15) is 11.8 Å². The number of hydrogen-bond donors (Lipinski definition) is 2. The molecule has 1 saturated heterocycles. The number of amides is 1. The number of benzene rings is 2. The highest BCUT2D eigenvalue weighted by molar-refractivity contribution is 7.80.